The number of hydrogen-bond donors (Lipinski definition) is 3. The van der Waals surface area contributed by atoms with Gasteiger partial charge in [-0.05, 0) is 78.5 Å². The monoisotopic (exact) mass is 647 g/mol. The summed E-state index contributed by atoms with van der Waals surface area (Å²) in [5.74, 6) is 1.60. The van der Waals surface area contributed by atoms with E-state index in [2.05, 4.69) is 16.0 Å². The van der Waals surface area contributed by atoms with Crippen molar-refractivity contribution in [3.05, 3.63) is 45.6 Å². The van der Waals surface area contributed by atoms with Crippen molar-refractivity contribution in [3.8, 4) is 28.4 Å². The molecule has 0 saturated carbocycles. The van der Waals surface area contributed by atoms with Crippen LogP contribution >= 0.6 is 11.8 Å². The molecule has 1 saturated heterocycles. The van der Waals surface area contributed by atoms with Gasteiger partial charge >= 0.3 is 0 Å². The Balaban J connectivity index is 1.76. The largest absolute Gasteiger partial charge is 0.493 e. The quantitative estimate of drug-likeness (QED) is 0.314. The van der Waals surface area contributed by atoms with Crippen LogP contribution in [0.25, 0.3) is 11.1 Å². The summed E-state index contributed by atoms with van der Waals surface area (Å²) >= 11 is 1.58. The van der Waals surface area contributed by atoms with Gasteiger partial charge in [-0.15, -0.1) is 0 Å². The number of sulfone groups is 1. The smallest absolute Gasteiger partial charge is 0.242 e. The number of fused-ring (bicyclic) bond motifs is 3. The van der Waals surface area contributed by atoms with E-state index in [-0.39, 0.29) is 46.9 Å². The Morgan fingerprint density at radius 2 is 1.82 bits per heavy atom. The zero-order valence-corrected chi connectivity index (χ0v) is 27.4. The SMILES string of the molecule is COc1cc2c(c(OC)c1OC)-c1ccc(N[C@@H](CCSC)C(=O)NC[C@H]3CCS(=O)(=O)C3)c(=O)cc1[C@@H](NC(C)=O)CC2. The predicted octanol–water partition coefficient (Wildman–Crippen LogP) is 2.95. The van der Waals surface area contributed by atoms with E-state index in [1.165, 1.54) is 20.1 Å². The van der Waals surface area contributed by atoms with Crippen LogP contribution in [0.3, 0.4) is 0 Å². The summed E-state index contributed by atoms with van der Waals surface area (Å²) in [5, 5.41) is 9.05. The summed E-state index contributed by atoms with van der Waals surface area (Å²) in [5.41, 5.74) is 2.84. The Labute approximate surface area is 262 Å². The van der Waals surface area contributed by atoms with Gasteiger partial charge in [-0.2, -0.15) is 11.8 Å². The Kier molecular flexibility index (Phi) is 11.1. The fourth-order valence-electron chi connectivity index (χ4n) is 5.92. The van der Waals surface area contributed by atoms with Gasteiger partial charge in [-0.25, -0.2) is 8.42 Å². The van der Waals surface area contributed by atoms with Crippen LogP contribution in [0.5, 0.6) is 17.2 Å². The number of thioether (sulfide) groups is 1. The number of carbonyl (C=O) groups is 2. The van der Waals surface area contributed by atoms with Crippen molar-refractivity contribution < 1.29 is 32.2 Å². The van der Waals surface area contributed by atoms with Crippen molar-refractivity contribution in [2.45, 2.75) is 44.7 Å². The van der Waals surface area contributed by atoms with E-state index >= 15 is 0 Å². The minimum Gasteiger partial charge on any atom is -0.493 e. The van der Waals surface area contributed by atoms with E-state index in [0.717, 1.165) is 11.1 Å². The van der Waals surface area contributed by atoms with E-state index in [9.17, 15) is 22.8 Å². The molecule has 0 aromatic heterocycles. The first kappa shape index (κ1) is 33.4. The van der Waals surface area contributed by atoms with Crippen molar-refractivity contribution in [2.24, 2.45) is 5.92 Å². The number of rotatable bonds is 12. The van der Waals surface area contributed by atoms with E-state index in [1.54, 1.807) is 38.1 Å². The first-order valence-corrected chi connectivity index (χ1v) is 17.7. The molecule has 4 rings (SSSR count). The summed E-state index contributed by atoms with van der Waals surface area (Å²) in [6, 6.07) is 5.69. The average molecular weight is 648 g/mol. The lowest BCUT2D eigenvalue weighted by Gasteiger charge is -2.20. The average Bonchev–Trinajstić information content (AvgIpc) is 3.18. The number of benzene rings is 1. The highest BCUT2D eigenvalue weighted by atomic mass is 32.2. The molecule has 11 nitrogen and oxygen atoms in total. The van der Waals surface area contributed by atoms with Crippen molar-refractivity contribution in [3.63, 3.8) is 0 Å². The lowest BCUT2D eigenvalue weighted by atomic mass is 9.95. The first-order valence-electron chi connectivity index (χ1n) is 14.5. The molecule has 2 aromatic carbocycles. The second-order valence-corrected chi connectivity index (χ2v) is 14.3. The summed E-state index contributed by atoms with van der Waals surface area (Å²) in [6.07, 6.45) is 4.02. The normalized spacial score (nSPS) is 19.0. The fourth-order valence-corrected chi connectivity index (χ4v) is 8.25. The Hall–Kier alpha value is -3.45. The summed E-state index contributed by atoms with van der Waals surface area (Å²) in [7, 11) is 1.56. The van der Waals surface area contributed by atoms with Crippen molar-refractivity contribution >= 4 is 39.1 Å². The van der Waals surface area contributed by atoms with Crippen LogP contribution in [0.2, 0.25) is 0 Å². The molecule has 1 heterocycles. The molecule has 44 heavy (non-hydrogen) atoms. The standard InChI is InChI=1S/C31H41N3O8S2/c1-18(35)33-23-8-6-20-14-27(40-2)29(41-3)30(42-4)28(20)21-7-9-24(26(36)15-22(21)23)34-25(10-12-43-5)31(37)32-16-19-11-13-44(38,39)17-19/h7,9,14-15,19,23,25H,6,8,10-13,16-17H2,1-5H3,(H,32,37)(H,33,35)(H,34,36)/t19-,23+,25+/m1/s1. The molecule has 0 spiro atoms. The molecule has 13 heteroatoms. The maximum absolute atomic E-state index is 13.7. The number of aryl methyl sites for hydroxylation is 1. The minimum atomic E-state index is -3.06. The van der Waals surface area contributed by atoms with Crippen molar-refractivity contribution in [2.75, 3.05) is 56.7 Å². The third kappa shape index (κ3) is 7.60. The highest BCUT2D eigenvalue weighted by Crippen LogP contribution is 2.50. The number of anilines is 1. The minimum absolute atomic E-state index is 0.0675. The van der Waals surface area contributed by atoms with Crippen LogP contribution in [0.1, 0.15) is 43.4 Å². The summed E-state index contributed by atoms with van der Waals surface area (Å²) in [4.78, 5) is 39.3. The molecular weight excluding hydrogens is 606 g/mol. The molecule has 3 N–H and O–H groups in total. The topological polar surface area (TPSA) is 149 Å². The van der Waals surface area contributed by atoms with E-state index in [0.29, 0.717) is 59.8 Å². The number of amides is 2. The van der Waals surface area contributed by atoms with Crippen LogP contribution in [0.15, 0.2) is 29.1 Å². The first-order chi connectivity index (χ1) is 21.0. The van der Waals surface area contributed by atoms with E-state index in [1.807, 2.05) is 12.3 Å². The molecular formula is C31H41N3O8S2. The van der Waals surface area contributed by atoms with Gasteiger partial charge < -0.3 is 30.2 Å². The Bertz CT molecular complexity index is 1560. The van der Waals surface area contributed by atoms with E-state index in [4.69, 9.17) is 14.2 Å². The zero-order chi connectivity index (χ0) is 32.0. The molecule has 1 aliphatic carbocycles. The highest BCUT2D eigenvalue weighted by Gasteiger charge is 2.31. The maximum Gasteiger partial charge on any atom is 0.242 e. The lowest BCUT2D eigenvalue weighted by molar-refractivity contribution is -0.122. The van der Waals surface area contributed by atoms with Crippen molar-refractivity contribution in [1.82, 2.24) is 10.6 Å². The molecule has 2 amide bonds. The predicted molar refractivity (Wildman–Crippen MR) is 173 cm³/mol. The van der Waals surface area contributed by atoms with Gasteiger partial charge in [0.15, 0.2) is 21.3 Å². The molecule has 1 fully saturated rings. The highest BCUT2D eigenvalue weighted by molar-refractivity contribution is 7.98. The van der Waals surface area contributed by atoms with Gasteiger partial charge in [0.25, 0.3) is 0 Å². The summed E-state index contributed by atoms with van der Waals surface area (Å²) < 4.78 is 40.8. The molecule has 2 aliphatic rings. The lowest BCUT2D eigenvalue weighted by Crippen LogP contribution is -2.42. The van der Waals surface area contributed by atoms with Gasteiger partial charge in [0.1, 0.15) is 6.04 Å². The van der Waals surface area contributed by atoms with Gasteiger partial charge in [0.05, 0.1) is 44.6 Å². The molecule has 240 valence electrons. The van der Waals surface area contributed by atoms with Crippen LogP contribution in [-0.4, -0.2) is 77.7 Å². The van der Waals surface area contributed by atoms with Crippen molar-refractivity contribution in [1.29, 1.82) is 0 Å². The van der Waals surface area contributed by atoms with Gasteiger partial charge in [0.2, 0.25) is 23.0 Å². The zero-order valence-electron chi connectivity index (χ0n) is 25.8. The molecule has 0 bridgehead atoms. The maximum atomic E-state index is 13.7. The number of ether oxygens (including phenoxy) is 3. The van der Waals surface area contributed by atoms with Crippen LogP contribution in [0.4, 0.5) is 5.69 Å². The molecule has 2 aromatic rings. The molecule has 0 unspecified atom stereocenters. The number of carbonyl (C=O) groups excluding carboxylic acids is 2. The third-order valence-electron chi connectivity index (χ3n) is 8.06. The van der Waals surface area contributed by atoms with Crippen LogP contribution in [-0.2, 0) is 25.8 Å². The molecule has 3 atom stereocenters. The third-order valence-corrected chi connectivity index (χ3v) is 10.5. The fraction of sp³-hybridized carbons (Fsp3) is 0.516. The Morgan fingerprint density at radius 3 is 2.43 bits per heavy atom. The Morgan fingerprint density at radius 1 is 1.07 bits per heavy atom. The van der Waals surface area contributed by atoms with E-state index < -0.39 is 21.9 Å². The summed E-state index contributed by atoms with van der Waals surface area (Å²) in [6.45, 7) is 1.70. The van der Waals surface area contributed by atoms with Gasteiger partial charge in [-0.1, -0.05) is 6.07 Å². The second-order valence-electron chi connectivity index (χ2n) is 11.1. The molecule has 1 aliphatic heterocycles. The number of hydrogen-bond acceptors (Lipinski definition) is 10. The molecule has 0 radical (unpaired) electrons. The van der Waals surface area contributed by atoms with Gasteiger partial charge in [-0.3, -0.25) is 14.4 Å². The number of methoxy groups -OCH3 is 3. The van der Waals surface area contributed by atoms with Crippen LogP contribution in [0, 0.1) is 5.92 Å². The number of nitrogens with one attached hydrogen (secondary N) is 3. The second kappa shape index (κ2) is 14.6. The van der Waals surface area contributed by atoms with Crippen LogP contribution < -0.4 is 35.6 Å². The van der Waals surface area contributed by atoms with Gasteiger partial charge in [0, 0.05) is 19.0 Å².